The molecule has 0 fully saturated rings. The van der Waals surface area contributed by atoms with Crippen LogP contribution in [0.25, 0.3) is 0 Å². The Balaban J connectivity index is 0.00000196. The van der Waals surface area contributed by atoms with Gasteiger partial charge in [0.2, 0.25) is 0 Å². The van der Waals surface area contributed by atoms with E-state index in [1.165, 1.54) is 12.3 Å². The van der Waals surface area contributed by atoms with Crippen LogP contribution in [0, 0.1) is 6.92 Å². The summed E-state index contributed by atoms with van der Waals surface area (Å²) in [4.78, 5) is 13.7. The number of aliphatic carboxylic acids is 1. The molecule has 1 aromatic rings. The van der Waals surface area contributed by atoms with Crippen molar-refractivity contribution < 1.29 is 66.4 Å². The molecule has 0 atom stereocenters. The molecule has 0 amide bonds. The summed E-state index contributed by atoms with van der Waals surface area (Å²) in [5.41, 5.74) is 1.48. The second-order valence-electron chi connectivity index (χ2n) is 2.90. The third-order valence-electron chi connectivity index (χ3n) is 1.63. The number of rotatable bonds is 3. The quantitative estimate of drug-likeness (QED) is 0.442. The zero-order valence-corrected chi connectivity index (χ0v) is 11.9. The first-order chi connectivity index (χ1) is 6.59. The Bertz CT molecular complexity index is 377. The molecule has 0 aliphatic heterocycles. The number of aromatic hydroxyl groups is 1. The number of nitrogens with zero attached hydrogens (tertiary/aromatic N) is 1. The van der Waals surface area contributed by atoms with Crippen LogP contribution in [0.5, 0.6) is 5.75 Å². The van der Waals surface area contributed by atoms with Gasteiger partial charge < -0.3 is 15.0 Å². The van der Waals surface area contributed by atoms with Gasteiger partial charge in [-0.05, 0) is 19.1 Å². The molecule has 1 N–H and O–H groups in total. The number of aliphatic imine (C=N–C) groups is 1. The van der Waals surface area contributed by atoms with E-state index in [0.29, 0.717) is 5.56 Å². The number of carbonyl (C=O) groups excluding carboxylic acids is 1. The van der Waals surface area contributed by atoms with Crippen molar-refractivity contribution in [3.05, 3.63) is 29.3 Å². The van der Waals surface area contributed by atoms with E-state index in [1.807, 2.05) is 6.92 Å². The summed E-state index contributed by atoms with van der Waals surface area (Å²) in [6.07, 6.45) is 1.32. The van der Waals surface area contributed by atoms with Crippen molar-refractivity contribution in [2.24, 2.45) is 4.99 Å². The Morgan fingerprint density at radius 3 is 2.87 bits per heavy atom. The summed E-state index contributed by atoms with van der Waals surface area (Å²) >= 11 is 0. The van der Waals surface area contributed by atoms with Gasteiger partial charge in [-0.3, -0.25) is 4.99 Å². The normalized spacial score (nSPS) is 9.93. The molecule has 1 rings (SSSR count). The molecule has 0 heterocycles. The Labute approximate surface area is 130 Å². The van der Waals surface area contributed by atoms with Crippen molar-refractivity contribution in [3.63, 3.8) is 0 Å². The minimum Gasteiger partial charge on any atom is -0.548 e. The van der Waals surface area contributed by atoms with Gasteiger partial charge in [0.1, 0.15) is 5.75 Å². The fraction of sp³-hybridized carbons (Fsp3) is 0.200. The van der Waals surface area contributed by atoms with Gasteiger partial charge in [-0.1, -0.05) is 11.6 Å². The standard InChI is InChI=1S/C10H11NO3.K/c1-7-2-3-9(12)8(4-7)5-11-6-10(13)14;/h2-5,12H,6H2,1H3,(H,13,14);/q;+1/p-1/b11-5-;. The van der Waals surface area contributed by atoms with E-state index in [0.717, 1.165) is 5.56 Å². The maximum Gasteiger partial charge on any atom is 1.00 e. The predicted octanol–water partition coefficient (Wildman–Crippen LogP) is -3.13. The summed E-state index contributed by atoms with van der Waals surface area (Å²) in [6, 6.07) is 5.01. The number of hydrogen-bond donors (Lipinski definition) is 1. The maximum atomic E-state index is 10.1. The van der Waals surface area contributed by atoms with Crippen LogP contribution < -0.4 is 56.5 Å². The molecule has 0 spiro atoms. The predicted molar refractivity (Wildman–Crippen MR) is 50.3 cm³/mol. The van der Waals surface area contributed by atoms with Gasteiger partial charge in [-0.15, -0.1) is 0 Å². The van der Waals surface area contributed by atoms with Crippen molar-refractivity contribution in [1.82, 2.24) is 0 Å². The SMILES string of the molecule is Cc1ccc(O)c(/C=N\CC(=O)[O-])c1.[K+]. The Morgan fingerprint density at radius 1 is 1.60 bits per heavy atom. The van der Waals surface area contributed by atoms with Crippen LogP contribution in [0.2, 0.25) is 0 Å². The molecule has 0 aliphatic carbocycles. The Hall–Kier alpha value is -0.204. The van der Waals surface area contributed by atoms with E-state index in [-0.39, 0.29) is 57.1 Å². The molecular formula is C10H10KNO3. The number of carboxylic acid groups (broad SMARTS) is 1. The van der Waals surface area contributed by atoms with E-state index in [1.54, 1.807) is 12.1 Å². The summed E-state index contributed by atoms with van der Waals surface area (Å²) in [7, 11) is 0. The van der Waals surface area contributed by atoms with Crippen LogP contribution in [0.1, 0.15) is 11.1 Å². The van der Waals surface area contributed by atoms with Gasteiger partial charge in [0.15, 0.2) is 0 Å². The molecule has 4 nitrogen and oxygen atoms in total. The molecule has 0 bridgehead atoms. The molecule has 1 aromatic carbocycles. The average Bonchev–Trinajstić information content (AvgIpc) is 2.10. The van der Waals surface area contributed by atoms with E-state index in [4.69, 9.17) is 0 Å². The monoisotopic (exact) mass is 231 g/mol. The molecule has 0 aliphatic rings. The van der Waals surface area contributed by atoms with Gasteiger partial charge in [0.25, 0.3) is 0 Å². The number of aryl methyl sites for hydroxylation is 1. The summed E-state index contributed by atoms with van der Waals surface area (Å²) in [5.74, 6) is -1.16. The van der Waals surface area contributed by atoms with E-state index in [9.17, 15) is 15.0 Å². The molecule has 0 aromatic heterocycles. The fourth-order valence-electron chi connectivity index (χ4n) is 0.996. The minimum absolute atomic E-state index is 0. The van der Waals surface area contributed by atoms with Gasteiger partial charge in [-0.25, -0.2) is 0 Å². The fourth-order valence-corrected chi connectivity index (χ4v) is 0.996. The van der Waals surface area contributed by atoms with Crippen LogP contribution in [0.4, 0.5) is 0 Å². The molecule has 0 saturated carbocycles. The zero-order chi connectivity index (χ0) is 10.6. The number of benzene rings is 1. The summed E-state index contributed by atoms with van der Waals surface area (Å²) in [6.45, 7) is 1.48. The van der Waals surface area contributed by atoms with Gasteiger partial charge in [0, 0.05) is 11.8 Å². The number of carbonyl (C=O) groups is 1. The third kappa shape index (κ3) is 5.43. The molecule has 74 valence electrons. The first-order valence-electron chi connectivity index (χ1n) is 4.09. The maximum absolute atomic E-state index is 10.1. The van der Waals surface area contributed by atoms with Crippen molar-refractivity contribution in [2.45, 2.75) is 6.92 Å². The van der Waals surface area contributed by atoms with Crippen LogP contribution >= 0.6 is 0 Å². The van der Waals surface area contributed by atoms with Gasteiger partial charge >= 0.3 is 51.4 Å². The number of carboxylic acids is 1. The minimum atomic E-state index is -1.24. The molecule has 5 heteroatoms. The number of phenolic OH excluding ortho intramolecular Hbond substituents is 1. The second kappa shape index (κ2) is 7.13. The van der Waals surface area contributed by atoms with Crippen LogP contribution in [-0.4, -0.2) is 23.8 Å². The first-order valence-corrected chi connectivity index (χ1v) is 4.09. The first kappa shape index (κ1) is 14.8. The van der Waals surface area contributed by atoms with Crippen molar-refractivity contribution in [1.29, 1.82) is 0 Å². The largest absolute Gasteiger partial charge is 1.00 e. The van der Waals surface area contributed by atoms with E-state index < -0.39 is 12.5 Å². The molecule has 0 saturated heterocycles. The molecule has 0 unspecified atom stereocenters. The second-order valence-corrected chi connectivity index (χ2v) is 2.90. The molecule has 0 radical (unpaired) electrons. The van der Waals surface area contributed by atoms with Gasteiger partial charge in [-0.2, -0.15) is 0 Å². The van der Waals surface area contributed by atoms with Crippen LogP contribution in [0.15, 0.2) is 23.2 Å². The Kier molecular flexibility index (Phi) is 7.04. The summed E-state index contributed by atoms with van der Waals surface area (Å²) < 4.78 is 0. The van der Waals surface area contributed by atoms with Crippen LogP contribution in [-0.2, 0) is 4.79 Å². The van der Waals surface area contributed by atoms with Crippen molar-refractivity contribution in [3.8, 4) is 5.75 Å². The zero-order valence-electron chi connectivity index (χ0n) is 8.73. The van der Waals surface area contributed by atoms with Gasteiger partial charge in [0.05, 0.1) is 12.5 Å². The number of hydrogen-bond acceptors (Lipinski definition) is 4. The topological polar surface area (TPSA) is 72.7 Å². The molecule has 15 heavy (non-hydrogen) atoms. The van der Waals surface area contributed by atoms with E-state index in [2.05, 4.69) is 4.99 Å². The number of phenols is 1. The van der Waals surface area contributed by atoms with Crippen molar-refractivity contribution in [2.75, 3.05) is 6.54 Å². The van der Waals surface area contributed by atoms with Crippen molar-refractivity contribution >= 4 is 12.2 Å². The average molecular weight is 231 g/mol. The third-order valence-corrected chi connectivity index (χ3v) is 1.63. The smallest absolute Gasteiger partial charge is 0.548 e. The Morgan fingerprint density at radius 2 is 2.27 bits per heavy atom. The molecular weight excluding hydrogens is 221 g/mol. The van der Waals surface area contributed by atoms with Crippen LogP contribution in [0.3, 0.4) is 0 Å². The van der Waals surface area contributed by atoms with E-state index >= 15 is 0 Å². The summed E-state index contributed by atoms with van der Waals surface area (Å²) in [5, 5.41) is 19.4.